The maximum atomic E-state index is 13.2. The number of β-amino-alcohol motifs (C(OH)–C–C–N with tert-alkyl or cyclic N) is 1. The molecule has 1 fully saturated rings. The molecule has 2 atom stereocenters. The largest absolute Gasteiger partial charge is 0.468 e. The van der Waals surface area contributed by atoms with E-state index in [4.69, 9.17) is 4.42 Å². The minimum atomic E-state index is -3.31. The van der Waals surface area contributed by atoms with Crippen LogP contribution in [0, 0.1) is 0 Å². The van der Waals surface area contributed by atoms with Crippen LogP contribution in [0.1, 0.15) is 31.6 Å². The van der Waals surface area contributed by atoms with Crippen LogP contribution in [0.5, 0.6) is 0 Å². The highest BCUT2D eigenvalue weighted by Crippen LogP contribution is 2.39. The van der Waals surface area contributed by atoms with Crippen molar-refractivity contribution in [2.75, 3.05) is 13.1 Å². The van der Waals surface area contributed by atoms with E-state index in [1.807, 2.05) is 11.0 Å². The third-order valence-corrected chi connectivity index (χ3v) is 4.21. The average Bonchev–Trinajstić information content (AvgIpc) is 2.83. The van der Waals surface area contributed by atoms with Gasteiger partial charge in [0.05, 0.1) is 12.3 Å². The van der Waals surface area contributed by atoms with Gasteiger partial charge in [-0.2, -0.15) is 8.78 Å². The zero-order chi connectivity index (χ0) is 13.4. The van der Waals surface area contributed by atoms with Gasteiger partial charge in [-0.1, -0.05) is 0 Å². The summed E-state index contributed by atoms with van der Waals surface area (Å²) in [6.45, 7) is 1.72. The van der Waals surface area contributed by atoms with E-state index in [9.17, 15) is 13.9 Å². The monoisotopic (exact) mass is 323 g/mol. The summed E-state index contributed by atoms with van der Waals surface area (Å²) in [6, 6.07) is 3.59. The number of nitrogens with zero attached hydrogens (tertiary/aromatic N) is 1. The SMILES string of the molecule is CC(O)(CN1CCCC1c1ccco1)C(F)(F)Br. The molecule has 102 valence electrons. The van der Waals surface area contributed by atoms with Gasteiger partial charge in [-0.15, -0.1) is 0 Å². The van der Waals surface area contributed by atoms with Crippen molar-refractivity contribution in [1.82, 2.24) is 4.90 Å². The minimum Gasteiger partial charge on any atom is -0.468 e. The quantitative estimate of drug-likeness (QED) is 0.865. The minimum absolute atomic E-state index is 0.0266. The molecule has 1 N–H and O–H groups in total. The molecule has 2 heterocycles. The van der Waals surface area contributed by atoms with Gasteiger partial charge in [0.1, 0.15) is 11.4 Å². The summed E-state index contributed by atoms with van der Waals surface area (Å²) in [5, 5.41) is 9.86. The van der Waals surface area contributed by atoms with Crippen molar-refractivity contribution in [2.45, 2.75) is 36.2 Å². The number of aliphatic hydroxyl groups is 1. The predicted octanol–water partition coefficient (Wildman–Crippen LogP) is 3.16. The highest BCUT2D eigenvalue weighted by atomic mass is 79.9. The highest BCUT2D eigenvalue weighted by molar-refractivity contribution is 9.10. The molecule has 0 aliphatic carbocycles. The molecule has 2 unspecified atom stereocenters. The Morgan fingerprint density at radius 1 is 1.61 bits per heavy atom. The van der Waals surface area contributed by atoms with Gasteiger partial charge in [0.2, 0.25) is 0 Å². The van der Waals surface area contributed by atoms with E-state index >= 15 is 0 Å². The lowest BCUT2D eigenvalue weighted by Crippen LogP contribution is -2.50. The maximum absolute atomic E-state index is 13.2. The van der Waals surface area contributed by atoms with Crippen molar-refractivity contribution >= 4 is 15.9 Å². The number of alkyl halides is 3. The van der Waals surface area contributed by atoms with Crippen LogP contribution in [-0.2, 0) is 0 Å². The van der Waals surface area contributed by atoms with Crippen molar-refractivity contribution in [3.05, 3.63) is 24.2 Å². The molecule has 6 heteroatoms. The van der Waals surface area contributed by atoms with E-state index in [2.05, 4.69) is 15.9 Å². The fraction of sp³-hybridized carbons (Fsp3) is 0.667. The number of rotatable bonds is 4. The molecule has 0 bridgehead atoms. The van der Waals surface area contributed by atoms with Gasteiger partial charge in [-0.25, -0.2) is 0 Å². The van der Waals surface area contributed by atoms with Crippen molar-refractivity contribution in [2.24, 2.45) is 0 Å². The van der Waals surface area contributed by atoms with E-state index < -0.39 is 10.4 Å². The molecule has 0 aromatic carbocycles. The van der Waals surface area contributed by atoms with Crippen LogP contribution in [0.4, 0.5) is 8.78 Å². The number of halogens is 3. The Bertz CT molecular complexity index is 389. The zero-order valence-electron chi connectivity index (χ0n) is 10.1. The highest BCUT2D eigenvalue weighted by Gasteiger charge is 2.49. The van der Waals surface area contributed by atoms with Gasteiger partial charge in [0.15, 0.2) is 0 Å². The van der Waals surface area contributed by atoms with Gasteiger partial charge < -0.3 is 9.52 Å². The molecule has 1 aliphatic rings. The lowest BCUT2D eigenvalue weighted by molar-refractivity contribution is -0.119. The third-order valence-electron chi connectivity index (χ3n) is 3.36. The standard InChI is InChI=1S/C12H16BrF2NO2/c1-11(17,12(13,14)15)8-16-6-2-4-9(16)10-5-3-7-18-10/h3,5,7,9,17H,2,4,6,8H2,1H3. The summed E-state index contributed by atoms with van der Waals surface area (Å²) in [6.07, 6.45) is 3.34. The Labute approximate surface area is 113 Å². The van der Waals surface area contributed by atoms with Gasteiger partial charge in [-0.05, 0) is 54.4 Å². The molecule has 1 aromatic rings. The average molecular weight is 324 g/mol. The molecule has 1 aromatic heterocycles. The zero-order valence-corrected chi connectivity index (χ0v) is 11.7. The summed E-state index contributed by atoms with van der Waals surface area (Å²) < 4.78 is 31.8. The van der Waals surface area contributed by atoms with Crippen molar-refractivity contribution in [1.29, 1.82) is 0 Å². The van der Waals surface area contributed by atoms with Crippen LogP contribution in [-0.4, -0.2) is 33.5 Å². The summed E-state index contributed by atoms with van der Waals surface area (Å²) in [4.78, 5) is -1.47. The van der Waals surface area contributed by atoms with Gasteiger partial charge in [0.25, 0.3) is 0 Å². The summed E-state index contributed by atoms with van der Waals surface area (Å²) in [5.41, 5.74) is -2.11. The number of hydrogen-bond acceptors (Lipinski definition) is 3. The van der Waals surface area contributed by atoms with Crippen molar-refractivity contribution in [3.8, 4) is 0 Å². The number of hydrogen-bond donors (Lipinski definition) is 1. The van der Waals surface area contributed by atoms with Gasteiger partial charge >= 0.3 is 4.83 Å². The molecule has 0 amide bonds. The van der Waals surface area contributed by atoms with Gasteiger partial charge in [0, 0.05) is 6.54 Å². The first-order valence-electron chi connectivity index (χ1n) is 5.88. The predicted molar refractivity (Wildman–Crippen MR) is 66.8 cm³/mol. The van der Waals surface area contributed by atoms with Crippen LogP contribution < -0.4 is 0 Å². The van der Waals surface area contributed by atoms with Crippen molar-refractivity contribution in [3.63, 3.8) is 0 Å². The second kappa shape index (κ2) is 4.90. The van der Waals surface area contributed by atoms with Crippen LogP contribution in [0.3, 0.4) is 0 Å². The molecular formula is C12H16BrF2NO2. The molecule has 0 spiro atoms. The van der Waals surface area contributed by atoms with E-state index in [-0.39, 0.29) is 12.6 Å². The first-order chi connectivity index (χ1) is 8.31. The van der Waals surface area contributed by atoms with E-state index in [1.54, 1.807) is 12.3 Å². The molecule has 2 rings (SSSR count). The van der Waals surface area contributed by atoms with Crippen molar-refractivity contribution < 1.29 is 18.3 Å². The molecule has 1 saturated heterocycles. The topological polar surface area (TPSA) is 36.6 Å². The first kappa shape index (κ1) is 14.0. The lowest BCUT2D eigenvalue weighted by atomic mass is 10.1. The molecule has 18 heavy (non-hydrogen) atoms. The number of likely N-dealkylation sites (tertiary alicyclic amines) is 1. The molecule has 3 nitrogen and oxygen atoms in total. The lowest BCUT2D eigenvalue weighted by Gasteiger charge is -2.34. The molecule has 1 aliphatic heterocycles. The fourth-order valence-corrected chi connectivity index (χ4v) is 2.43. The van der Waals surface area contributed by atoms with Crippen LogP contribution in [0.15, 0.2) is 22.8 Å². The van der Waals surface area contributed by atoms with E-state index in [0.717, 1.165) is 25.5 Å². The van der Waals surface area contributed by atoms with Crippen LogP contribution in [0.2, 0.25) is 0 Å². The Morgan fingerprint density at radius 2 is 2.33 bits per heavy atom. The number of furan rings is 1. The Hall–Kier alpha value is -0.460. The third kappa shape index (κ3) is 2.75. The Kier molecular flexibility index (Phi) is 3.80. The normalized spacial score (nSPS) is 25.3. The Morgan fingerprint density at radius 3 is 2.89 bits per heavy atom. The summed E-state index contributed by atoms with van der Waals surface area (Å²) in [5.74, 6) is 0.765. The first-order valence-corrected chi connectivity index (χ1v) is 6.67. The van der Waals surface area contributed by atoms with E-state index in [0.29, 0.717) is 6.54 Å². The molecule has 0 saturated carbocycles. The van der Waals surface area contributed by atoms with Crippen LogP contribution >= 0.6 is 15.9 Å². The fourth-order valence-electron chi connectivity index (χ4n) is 2.30. The molecule has 0 radical (unpaired) electrons. The van der Waals surface area contributed by atoms with Crippen LogP contribution in [0.25, 0.3) is 0 Å². The smallest absolute Gasteiger partial charge is 0.330 e. The second-order valence-corrected chi connectivity index (χ2v) is 5.91. The Balaban J connectivity index is 2.09. The maximum Gasteiger partial charge on any atom is 0.330 e. The van der Waals surface area contributed by atoms with Gasteiger partial charge in [-0.3, -0.25) is 4.90 Å². The summed E-state index contributed by atoms with van der Waals surface area (Å²) >= 11 is 2.24. The molecular weight excluding hydrogens is 308 g/mol. The van der Waals surface area contributed by atoms with E-state index in [1.165, 1.54) is 0 Å². The summed E-state index contributed by atoms with van der Waals surface area (Å²) in [7, 11) is 0. The second-order valence-electron chi connectivity index (χ2n) is 4.92.